The molecule has 0 unspecified atom stereocenters. The van der Waals surface area contributed by atoms with Gasteiger partial charge in [0.15, 0.2) is 0 Å². The van der Waals surface area contributed by atoms with Crippen LogP contribution in [-0.4, -0.2) is 29.0 Å². The summed E-state index contributed by atoms with van der Waals surface area (Å²) >= 11 is 0. The third kappa shape index (κ3) is 2.55. The predicted molar refractivity (Wildman–Crippen MR) is 64.7 cm³/mol. The van der Waals surface area contributed by atoms with E-state index in [1.54, 1.807) is 7.11 Å². The molecule has 6 nitrogen and oxygen atoms in total. The molecule has 1 heterocycles. The van der Waals surface area contributed by atoms with E-state index in [4.69, 9.17) is 20.1 Å². The molecule has 1 atom stereocenters. The highest BCUT2D eigenvalue weighted by Gasteiger charge is 2.37. The van der Waals surface area contributed by atoms with Crippen LogP contribution in [-0.2, 0) is 10.3 Å². The molecule has 0 saturated heterocycles. The minimum absolute atomic E-state index is 0.207. The number of nitrogens with two attached hydrogens (primary N) is 1. The van der Waals surface area contributed by atoms with Crippen LogP contribution in [0.1, 0.15) is 56.3 Å². The van der Waals surface area contributed by atoms with Crippen LogP contribution in [0, 0.1) is 0 Å². The van der Waals surface area contributed by atoms with Gasteiger partial charge in [-0.25, -0.2) is 0 Å². The van der Waals surface area contributed by atoms with Crippen molar-refractivity contribution in [2.75, 3.05) is 13.7 Å². The summed E-state index contributed by atoms with van der Waals surface area (Å²) in [4.78, 5) is 4.30. The molecule has 0 aromatic carbocycles. The molecule has 0 radical (unpaired) electrons. The first-order valence-corrected chi connectivity index (χ1v) is 6.47. The van der Waals surface area contributed by atoms with Crippen molar-refractivity contribution >= 4 is 0 Å². The quantitative estimate of drug-likeness (QED) is 0.786. The van der Waals surface area contributed by atoms with Crippen LogP contribution < -0.4 is 5.73 Å². The third-order valence-electron chi connectivity index (χ3n) is 3.67. The molecule has 0 amide bonds. The Morgan fingerprint density at radius 3 is 2.61 bits per heavy atom. The maximum Gasteiger partial charge on any atom is 0.246 e. The molecule has 1 aliphatic carbocycles. The number of methoxy groups -OCH3 is 1. The molecule has 0 spiro atoms. The third-order valence-corrected chi connectivity index (χ3v) is 3.67. The number of hydrogen-bond donors (Lipinski definition) is 2. The van der Waals surface area contributed by atoms with Crippen molar-refractivity contribution in [3.05, 3.63) is 11.7 Å². The van der Waals surface area contributed by atoms with E-state index in [-0.39, 0.29) is 12.5 Å². The summed E-state index contributed by atoms with van der Waals surface area (Å²) in [6.07, 6.45) is 6.43. The molecule has 1 aromatic rings. The average molecular weight is 255 g/mol. The number of rotatable bonds is 4. The van der Waals surface area contributed by atoms with Crippen LogP contribution in [0.25, 0.3) is 0 Å². The average Bonchev–Trinajstić information content (AvgIpc) is 2.78. The molecule has 2 rings (SSSR count). The van der Waals surface area contributed by atoms with Crippen LogP contribution >= 0.6 is 0 Å². The SMILES string of the molecule is COC1(c2noc([C@@H](N)CO)n2)CCCCCC1. The Balaban J connectivity index is 2.23. The first-order chi connectivity index (χ1) is 8.72. The summed E-state index contributed by atoms with van der Waals surface area (Å²) in [5, 5.41) is 13.0. The lowest BCUT2D eigenvalue weighted by atomic mass is 9.93. The van der Waals surface area contributed by atoms with Crippen LogP contribution in [0.4, 0.5) is 0 Å². The fourth-order valence-corrected chi connectivity index (χ4v) is 2.47. The molecule has 0 bridgehead atoms. The van der Waals surface area contributed by atoms with E-state index >= 15 is 0 Å². The first kappa shape index (κ1) is 13.5. The van der Waals surface area contributed by atoms with Gasteiger partial charge >= 0.3 is 0 Å². The Morgan fingerprint density at radius 1 is 1.39 bits per heavy atom. The Hall–Kier alpha value is -0.980. The van der Waals surface area contributed by atoms with Gasteiger partial charge in [-0.1, -0.05) is 30.8 Å². The van der Waals surface area contributed by atoms with Crippen molar-refractivity contribution in [3.63, 3.8) is 0 Å². The van der Waals surface area contributed by atoms with Crippen molar-refractivity contribution in [2.45, 2.75) is 50.2 Å². The monoisotopic (exact) mass is 255 g/mol. The van der Waals surface area contributed by atoms with E-state index in [1.807, 2.05) is 0 Å². The Kier molecular flexibility index (Phi) is 4.31. The number of ether oxygens (including phenoxy) is 1. The standard InChI is InChI=1S/C12H21N3O3/c1-17-12(6-4-2-3-5-7-12)11-14-10(18-15-11)9(13)8-16/h9,16H,2-8,13H2,1H3/t9-/m0/s1. The van der Waals surface area contributed by atoms with Gasteiger partial charge in [0.05, 0.1) is 6.61 Å². The zero-order chi connectivity index (χ0) is 13.0. The Morgan fingerprint density at radius 2 is 2.06 bits per heavy atom. The highest BCUT2D eigenvalue weighted by Crippen LogP contribution is 2.37. The summed E-state index contributed by atoms with van der Waals surface area (Å²) in [5.41, 5.74) is 5.21. The maximum atomic E-state index is 8.99. The Bertz CT molecular complexity index is 372. The maximum absolute atomic E-state index is 8.99. The van der Waals surface area contributed by atoms with E-state index in [9.17, 15) is 0 Å². The van der Waals surface area contributed by atoms with Gasteiger partial charge in [-0.2, -0.15) is 4.98 Å². The zero-order valence-corrected chi connectivity index (χ0v) is 10.8. The minimum atomic E-state index is -0.620. The number of hydrogen-bond acceptors (Lipinski definition) is 6. The van der Waals surface area contributed by atoms with E-state index in [1.165, 1.54) is 12.8 Å². The van der Waals surface area contributed by atoms with Crippen LogP contribution in [0.15, 0.2) is 4.52 Å². The summed E-state index contributed by atoms with van der Waals surface area (Å²) in [5.74, 6) is 0.832. The van der Waals surface area contributed by atoms with Crippen LogP contribution in [0.2, 0.25) is 0 Å². The zero-order valence-electron chi connectivity index (χ0n) is 10.8. The van der Waals surface area contributed by atoms with Gasteiger partial charge in [0.25, 0.3) is 0 Å². The number of aromatic nitrogens is 2. The lowest BCUT2D eigenvalue weighted by Gasteiger charge is -2.27. The Labute approximate surface area is 107 Å². The van der Waals surface area contributed by atoms with Crippen LogP contribution in [0.3, 0.4) is 0 Å². The topological polar surface area (TPSA) is 94.4 Å². The van der Waals surface area contributed by atoms with Gasteiger partial charge in [-0.3, -0.25) is 0 Å². The van der Waals surface area contributed by atoms with Crippen molar-refractivity contribution in [1.29, 1.82) is 0 Å². The number of aliphatic hydroxyl groups is 1. The lowest BCUT2D eigenvalue weighted by molar-refractivity contribution is -0.0365. The van der Waals surface area contributed by atoms with Gasteiger partial charge in [0, 0.05) is 7.11 Å². The second kappa shape index (κ2) is 5.77. The van der Waals surface area contributed by atoms with Gasteiger partial charge in [0.1, 0.15) is 11.6 Å². The van der Waals surface area contributed by atoms with E-state index < -0.39 is 11.6 Å². The lowest BCUT2D eigenvalue weighted by Crippen LogP contribution is -2.29. The smallest absolute Gasteiger partial charge is 0.246 e. The summed E-state index contributed by atoms with van der Waals surface area (Å²) < 4.78 is 10.8. The molecule has 1 fully saturated rings. The highest BCUT2D eigenvalue weighted by molar-refractivity contribution is 5.04. The molecular formula is C12H21N3O3. The molecule has 6 heteroatoms. The molecule has 102 valence electrons. The van der Waals surface area contributed by atoms with E-state index in [2.05, 4.69) is 10.1 Å². The van der Waals surface area contributed by atoms with Crippen molar-refractivity contribution < 1.29 is 14.4 Å². The first-order valence-electron chi connectivity index (χ1n) is 6.47. The largest absolute Gasteiger partial charge is 0.394 e. The fraction of sp³-hybridized carbons (Fsp3) is 0.833. The highest BCUT2D eigenvalue weighted by atomic mass is 16.5. The predicted octanol–water partition coefficient (Wildman–Crippen LogP) is 1.26. The molecule has 1 saturated carbocycles. The van der Waals surface area contributed by atoms with E-state index in [0.717, 1.165) is 25.7 Å². The molecule has 0 aliphatic heterocycles. The van der Waals surface area contributed by atoms with Crippen molar-refractivity contribution in [2.24, 2.45) is 5.73 Å². The second-order valence-corrected chi connectivity index (χ2v) is 4.86. The van der Waals surface area contributed by atoms with E-state index in [0.29, 0.717) is 5.82 Å². The summed E-state index contributed by atoms with van der Waals surface area (Å²) in [6.45, 7) is -0.207. The molecule has 1 aliphatic rings. The fourth-order valence-electron chi connectivity index (χ4n) is 2.47. The normalized spacial score (nSPS) is 21.5. The molecule has 3 N–H and O–H groups in total. The summed E-state index contributed by atoms with van der Waals surface area (Å²) in [6, 6.07) is -0.620. The second-order valence-electron chi connectivity index (χ2n) is 4.86. The van der Waals surface area contributed by atoms with Gasteiger partial charge in [-0.15, -0.1) is 0 Å². The summed E-state index contributed by atoms with van der Waals surface area (Å²) in [7, 11) is 1.69. The van der Waals surface area contributed by atoms with Gasteiger partial charge < -0.3 is 20.1 Å². The molecule has 1 aromatic heterocycles. The number of nitrogens with zero attached hydrogens (tertiary/aromatic N) is 2. The van der Waals surface area contributed by atoms with Gasteiger partial charge in [0.2, 0.25) is 11.7 Å². The van der Waals surface area contributed by atoms with Gasteiger partial charge in [-0.05, 0) is 12.8 Å². The minimum Gasteiger partial charge on any atom is -0.394 e. The molecule has 18 heavy (non-hydrogen) atoms. The van der Waals surface area contributed by atoms with Crippen LogP contribution in [0.5, 0.6) is 0 Å². The van der Waals surface area contributed by atoms with Crippen molar-refractivity contribution in [3.8, 4) is 0 Å². The number of aliphatic hydroxyl groups excluding tert-OH is 1. The molecular weight excluding hydrogens is 234 g/mol. The van der Waals surface area contributed by atoms with Crippen molar-refractivity contribution in [1.82, 2.24) is 10.1 Å².